The van der Waals surface area contributed by atoms with Gasteiger partial charge in [-0.1, -0.05) is 43.7 Å². The summed E-state index contributed by atoms with van der Waals surface area (Å²) in [4.78, 5) is 6.35. The lowest BCUT2D eigenvalue weighted by Gasteiger charge is -2.25. The van der Waals surface area contributed by atoms with Gasteiger partial charge in [-0.25, -0.2) is 4.98 Å². The monoisotopic (exact) mass is 218 g/mol. The van der Waals surface area contributed by atoms with Gasteiger partial charge >= 0.3 is 0 Å². The highest BCUT2D eigenvalue weighted by molar-refractivity contribution is 7.19. The molecule has 0 fully saturated rings. The molecule has 0 spiro atoms. The highest BCUT2D eigenvalue weighted by atomic mass is 35.5. The third kappa shape index (κ3) is 3.53. The molecule has 0 aliphatic heterocycles. The first-order valence-corrected chi connectivity index (χ1v) is 5.40. The lowest BCUT2D eigenvalue weighted by atomic mass is 9.96. The molecule has 0 saturated carbocycles. The van der Waals surface area contributed by atoms with Gasteiger partial charge in [-0.2, -0.15) is 0 Å². The Hall–Kier alpha value is -0.280. The van der Waals surface area contributed by atoms with Crippen molar-refractivity contribution in [2.75, 3.05) is 18.5 Å². The second-order valence-electron chi connectivity index (χ2n) is 4.36. The summed E-state index contributed by atoms with van der Waals surface area (Å²) in [5, 5.41) is 0.986. The number of thiazole rings is 1. The Morgan fingerprint density at radius 3 is 2.54 bits per heavy atom. The molecule has 74 valence electrons. The minimum Gasteiger partial charge on any atom is -0.351 e. The molecule has 0 saturated heterocycles. The van der Waals surface area contributed by atoms with Crippen LogP contribution in [0.3, 0.4) is 0 Å². The molecular formula is C9H15ClN2S. The Morgan fingerprint density at radius 2 is 2.15 bits per heavy atom. The Kier molecular flexibility index (Phi) is 3.19. The summed E-state index contributed by atoms with van der Waals surface area (Å²) in [6, 6.07) is 0. The molecule has 1 aromatic rings. The van der Waals surface area contributed by atoms with Crippen molar-refractivity contribution in [2.45, 2.75) is 20.8 Å². The van der Waals surface area contributed by atoms with Crippen LogP contribution in [0.1, 0.15) is 20.8 Å². The van der Waals surface area contributed by atoms with Crippen molar-refractivity contribution in [3.05, 3.63) is 10.5 Å². The second kappa shape index (κ2) is 3.84. The minimum atomic E-state index is 0.285. The van der Waals surface area contributed by atoms with Crippen LogP contribution in [0, 0.1) is 5.41 Å². The number of nitrogens with zero attached hydrogens (tertiary/aromatic N) is 2. The number of hydrogen-bond donors (Lipinski definition) is 0. The molecule has 2 nitrogen and oxygen atoms in total. The van der Waals surface area contributed by atoms with Crippen LogP contribution < -0.4 is 4.90 Å². The predicted octanol–water partition coefficient (Wildman–Crippen LogP) is 3.28. The van der Waals surface area contributed by atoms with Gasteiger partial charge in [0.25, 0.3) is 0 Å². The fraction of sp³-hybridized carbons (Fsp3) is 0.667. The van der Waals surface area contributed by atoms with Crippen molar-refractivity contribution < 1.29 is 0 Å². The van der Waals surface area contributed by atoms with Crippen molar-refractivity contribution in [3.63, 3.8) is 0 Å². The van der Waals surface area contributed by atoms with Crippen LogP contribution in [0.2, 0.25) is 4.34 Å². The number of halogens is 1. The van der Waals surface area contributed by atoms with E-state index in [4.69, 9.17) is 11.6 Å². The highest BCUT2D eigenvalue weighted by Gasteiger charge is 2.15. The van der Waals surface area contributed by atoms with Crippen molar-refractivity contribution in [1.82, 2.24) is 4.98 Å². The van der Waals surface area contributed by atoms with Crippen molar-refractivity contribution in [2.24, 2.45) is 5.41 Å². The van der Waals surface area contributed by atoms with Gasteiger partial charge in [-0.3, -0.25) is 0 Å². The van der Waals surface area contributed by atoms with Gasteiger partial charge in [0.15, 0.2) is 5.13 Å². The van der Waals surface area contributed by atoms with Crippen molar-refractivity contribution in [1.29, 1.82) is 0 Å². The summed E-state index contributed by atoms with van der Waals surface area (Å²) in [5.41, 5.74) is 0.285. The highest BCUT2D eigenvalue weighted by Crippen LogP contribution is 2.27. The molecule has 0 amide bonds. The van der Waals surface area contributed by atoms with E-state index in [0.717, 1.165) is 16.0 Å². The first kappa shape index (κ1) is 10.8. The fourth-order valence-corrected chi connectivity index (χ4v) is 2.06. The van der Waals surface area contributed by atoms with Gasteiger partial charge in [0.1, 0.15) is 4.34 Å². The topological polar surface area (TPSA) is 16.1 Å². The molecule has 1 aromatic heterocycles. The van der Waals surface area contributed by atoms with Gasteiger partial charge in [-0.05, 0) is 5.41 Å². The number of aromatic nitrogens is 1. The maximum absolute atomic E-state index is 5.81. The molecule has 0 aromatic carbocycles. The second-order valence-corrected chi connectivity index (χ2v) is 6.00. The Labute approximate surface area is 88.5 Å². The number of hydrogen-bond acceptors (Lipinski definition) is 3. The summed E-state index contributed by atoms with van der Waals surface area (Å²) >= 11 is 7.32. The number of rotatable bonds is 2. The number of anilines is 1. The molecule has 13 heavy (non-hydrogen) atoms. The lowest BCUT2D eigenvalue weighted by Crippen LogP contribution is -2.28. The third-order valence-corrected chi connectivity index (χ3v) is 2.73. The van der Waals surface area contributed by atoms with Gasteiger partial charge in [0.2, 0.25) is 0 Å². The maximum Gasteiger partial charge on any atom is 0.186 e. The first-order valence-electron chi connectivity index (χ1n) is 4.21. The molecule has 0 N–H and O–H groups in total. The van der Waals surface area contributed by atoms with Gasteiger partial charge in [0.05, 0.1) is 6.20 Å². The van der Waals surface area contributed by atoms with Crippen LogP contribution in [0.5, 0.6) is 0 Å². The molecule has 0 unspecified atom stereocenters. The van der Waals surface area contributed by atoms with Gasteiger partial charge < -0.3 is 4.90 Å². The van der Waals surface area contributed by atoms with E-state index in [9.17, 15) is 0 Å². The molecule has 1 heterocycles. The van der Waals surface area contributed by atoms with Crippen LogP contribution in [0.25, 0.3) is 0 Å². The van der Waals surface area contributed by atoms with Crippen molar-refractivity contribution in [3.8, 4) is 0 Å². The molecule has 1 rings (SSSR count). The maximum atomic E-state index is 5.81. The van der Waals surface area contributed by atoms with Crippen LogP contribution in [0.4, 0.5) is 5.13 Å². The fourth-order valence-electron chi connectivity index (χ4n) is 1.20. The van der Waals surface area contributed by atoms with E-state index in [1.165, 1.54) is 11.3 Å². The van der Waals surface area contributed by atoms with E-state index >= 15 is 0 Å². The zero-order valence-electron chi connectivity index (χ0n) is 8.47. The smallest absolute Gasteiger partial charge is 0.186 e. The van der Waals surface area contributed by atoms with E-state index in [2.05, 4.69) is 30.7 Å². The molecular weight excluding hydrogens is 204 g/mol. The Bertz CT molecular complexity index is 277. The van der Waals surface area contributed by atoms with Crippen LogP contribution in [-0.4, -0.2) is 18.6 Å². The summed E-state index contributed by atoms with van der Waals surface area (Å²) in [7, 11) is 2.04. The van der Waals surface area contributed by atoms with E-state index in [0.29, 0.717) is 0 Å². The average Bonchev–Trinajstić information content (AvgIpc) is 2.31. The van der Waals surface area contributed by atoms with Crippen LogP contribution in [-0.2, 0) is 0 Å². The average molecular weight is 219 g/mol. The summed E-state index contributed by atoms with van der Waals surface area (Å²) in [6.45, 7) is 7.60. The summed E-state index contributed by atoms with van der Waals surface area (Å²) in [5.74, 6) is 0. The zero-order valence-corrected chi connectivity index (χ0v) is 10.0. The van der Waals surface area contributed by atoms with E-state index in [1.54, 1.807) is 6.20 Å². The summed E-state index contributed by atoms with van der Waals surface area (Å²) in [6.07, 6.45) is 1.70. The predicted molar refractivity (Wildman–Crippen MR) is 59.8 cm³/mol. The summed E-state index contributed by atoms with van der Waals surface area (Å²) < 4.78 is 0.746. The largest absolute Gasteiger partial charge is 0.351 e. The molecule has 0 radical (unpaired) electrons. The SMILES string of the molecule is CN(CC(C)(C)C)c1ncc(Cl)s1. The van der Waals surface area contributed by atoms with E-state index in [1.807, 2.05) is 7.05 Å². The Balaban J connectivity index is 2.64. The minimum absolute atomic E-state index is 0.285. The van der Waals surface area contributed by atoms with Crippen LogP contribution in [0.15, 0.2) is 6.20 Å². The quantitative estimate of drug-likeness (QED) is 0.758. The standard InChI is InChI=1S/C9H15ClN2S/c1-9(2,3)6-12(4)8-11-5-7(10)13-8/h5H,6H2,1-4H3. The molecule has 0 atom stereocenters. The van der Waals surface area contributed by atoms with E-state index < -0.39 is 0 Å². The van der Waals surface area contributed by atoms with E-state index in [-0.39, 0.29) is 5.41 Å². The Morgan fingerprint density at radius 1 is 1.54 bits per heavy atom. The van der Waals surface area contributed by atoms with Crippen LogP contribution >= 0.6 is 22.9 Å². The molecule has 0 aliphatic carbocycles. The molecule has 0 aliphatic rings. The van der Waals surface area contributed by atoms with Gasteiger partial charge in [-0.15, -0.1) is 0 Å². The van der Waals surface area contributed by atoms with Crippen molar-refractivity contribution >= 4 is 28.1 Å². The normalized spacial score (nSPS) is 11.8. The molecule has 4 heteroatoms. The lowest BCUT2D eigenvalue weighted by molar-refractivity contribution is 0.419. The first-order chi connectivity index (χ1) is 5.88. The van der Waals surface area contributed by atoms with Gasteiger partial charge in [0, 0.05) is 13.6 Å². The molecule has 0 bridgehead atoms. The zero-order chi connectivity index (χ0) is 10.1. The third-order valence-electron chi connectivity index (χ3n) is 1.50.